The van der Waals surface area contributed by atoms with Crippen molar-refractivity contribution >= 4 is 17.4 Å². The van der Waals surface area contributed by atoms with Crippen molar-refractivity contribution in [3.63, 3.8) is 0 Å². The number of Topliss-reactive ketones (excluding diaryl/α,β-unsaturated/α-hetero) is 1. The highest BCUT2D eigenvalue weighted by atomic mass is 16.2. The summed E-state index contributed by atoms with van der Waals surface area (Å²) >= 11 is 0. The van der Waals surface area contributed by atoms with Crippen LogP contribution in [-0.2, 0) is 4.79 Å². The number of aryl methyl sites for hydroxylation is 1. The van der Waals surface area contributed by atoms with Crippen molar-refractivity contribution in [1.82, 2.24) is 5.32 Å². The topological polar surface area (TPSA) is 49.4 Å². The number of nitrogens with zero attached hydrogens (tertiary/aromatic N) is 1. The van der Waals surface area contributed by atoms with Crippen molar-refractivity contribution in [2.24, 2.45) is 0 Å². The van der Waals surface area contributed by atoms with Crippen LogP contribution in [0.2, 0.25) is 0 Å². The van der Waals surface area contributed by atoms with Crippen LogP contribution in [0, 0.1) is 13.8 Å². The molecule has 0 radical (unpaired) electrons. The zero-order valence-electron chi connectivity index (χ0n) is 12.0. The number of hydrogen-bond donors (Lipinski definition) is 1. The molecular formula is C16H20N2O2. The van der Waals surface area contributed by atoms with Gasteiger partial charge in [0.1, 0.15) is 0 Å². The molecule has 1 heterocycles. The van der Waals surface area contributed by atoms with Gasteiger partial charge in [-0.05, 0) is 56.8 Å². The Morgan fingerprint density at radius 3 is 2.70 bits per heavy atom. The van der Waals surface area contributed by atoms with Gasteiger partial charge in [-0.2, -0.15) is 0 Å². The Balaban J connectivity index is 1.75. The molecule has 1 fully saturated rings. The number of anilines is 1. The van der Waals surface area contributed by atoms with Crippen LogP contribution in [0.1, 0.15) is 40.7 Å². The highest BCUT2D eigenvalue weighted by Gasteiger charge is 2.36. The zero-order valence-corrected chi connectivity index (χ0v) is 12.0. The van der Waals surface area contributed by atoms with Gasteiger partial charge in [0.2, 0.25) is 0 Å². The van der Waals surface area contributed by atoms with Gasteiger partial charge in [0.15, 0.2) is 0 Å². The first kappa shape index (κ1) is 13.3. The highest BCUT2D eigenvalue weighted by molar-refractivity contribution is 6.52. The van der Waals surface area contributed by atoms with E-state index in [4.69, 9.17) is 0 Å². The quantitative estimate of drug-likeness (QED) is 0.658. The highest BCUT2D eigenvalue weighted by Crippen LogP contribution is 2.34. The second-order valence-corrected chi connectivity index (χ2v) is 5.77. The molecule has 4 nitrogen and oxygen atoms in total. The van der Waals surface area contributed by atoms with E-state index in [9.17, 15) is 9.59 Å². The number of carbonyl (C=O) groups is 2. The maximum absolute atomic E-state index is 12.1. The molecule has 0 aromatic heterocycles. The largest absolute Gasteiger partial charge is 0.314 e. The van der Waals surface area contributed by atoms with Gasteiger partial charge in [-0.15, -0.1) is 0 Å². The van der Waals surface area contributed by atoms with Crippen molar-refractivity contribution < 1.29 is 9.59 Å². The first-order chi connectivity index (χ1) is 9.59. The smallest absolute Gasteiger partial charge is 0.299 e. The summed E-state index contributed by atoms with van der Waals surface area (Å²) in [6, 6.07) is 4.37. The second kappa shape index (κ2) is 5.02. The third kappa shape index (κ3) is 2.24. The number of fused-ring (bicyclic) bond motifs is 1. The first-order valence-electron chi connectivity index (χ1n) is 7.29. The standard InChI is InChI=1S/C16H20N2O2/c1-10-4-7-13-14(11(10)2)18(16(20)15(13)19)9-3-8-17-12-5-6-12/h4,7,12,17H,3,5-6,8-9H2,1-2H3. The molecule has 0 saturated heterocycles. The summed E-state index contributed by atoms with van der Waals surface area (Å²) < 4.78 is 0. The van der Waals surface area contributed by atoms with Crippen LogP contribution in [-0.4, -0.2) is 30.8 Å². The first-order valence-corrected chi connectivity index (χ1v) is 7.29. The lowest BCUT2D eigenvalue weighted by atomic mass is 10.0. The SMILES string of the molecule is Cc1ccc2c(c1C)N(CCCNC1CC1)C(=O)C2=O. The third-order valence-electron chi connectivity index (χ3n) is 4.22. The molecular weight excluding hydrogens is 252 g/mol. The molecule has 0 spiro atoms. The molecule has 1 aliphatic heterocycles. The van der Waals surface area contributed by atoms with E-state index in [-0.39, 0.29) is 11.7 Å². The van der Waals surface area contributed by atoms with Crippen LogP contribution >= 0.6 is 0 Å². The van der Waals surface area contributed by atoms with Crippen LogP contribution in [0.25, 0.3) is 0 Å². The number of carbonyl (C=O) groups excluding carboxylic acids is 2. The van der Waals surface area contributed by atoms with E-state index < -0.39 is 0 Å². The van der Waals surface area contributed by atoms with Gasteiger partial charge >= 0.3 is 0 Å². The zero-order chi connectivity index (χ0) is 14.3. The number of nitrogens with one attached hydrogen (secondary N) is 1. The third-order valence-corrected chi connectivity index (χ3v) is 4.22. The van der Waals surface area contributed by atoms with E-state index >= 15 is 0 Å². The molecule has 1 N–H and O–H groups in total. The number of hydrogen-bond acceptors (Lipinski definition) is 3. The summed E-state index contributed by atoms with van der Waals surface area (Å²) in [7, 11) is 0. The average Bonchev–Trinajstić information content (AvgIpc) is 3.22. The fourth-order valence-corrected chi connectivity index (χ4v) is 2.72. The predicted molar refractivity (Wildman–Crippen MR) is 78.2 cm³/mol. The molecule has 1 aromatic rings. The molecule has 1 saturated carbocycles. The summed E-state index contributed by atoms with van der Waals surface area (Å²) in [5, 5.41) is 3.43. The Labute approximate surface area is 119 Å². The number of ketones is 1. The maximum atomic E-state index is 12.1. The minimum absolute atomic E-state index is 0.363. The van der Waals surface area contributed by atoms with Gasteiger partial charge in [-0.1, -0.05) is 6.07 Å². The molecule has 1 amide bonds. The van der Waals surface area contributed by atoms with Gasteiger partial charge in [0.25, 0.3) is 11.7 Å². The summed E-state index contributed by atoms with van der Waals surface area (Å²) in [5.74, 6) is -0.738. The molecule has 0 unspecified atom stereocenters. The number of rotatable bonds is 5. The van der Waals surface area contributed by atoms with Gasteiger partial charge in [-0.25, -0.2) is 0 Å². The van der Waals surface area contributed by atoms with Crippen molar-refractivity contribution in [2.45, 2.75) is 39.2 Å². The normalized spacial score (nSPS) is 17.8. The Hall–Kier alpha value is -1.68. The van der Waals surface area contributed by atoms with E-state index in [1.807, 2.05) is 19.9 Å². The molecule has 4 heteroatoms. The van der Waals surface area contributed by atoms with E-state index in [1.165, 1.54) is 12.8 Å². The lowest BCUT2D eigenvalue weighted by molar-refractivity contribution is -0.114. The second-order valence-electron chi connectivity index (χ2n) is 5.77. The van der Waals surface area contributed by atoms with Crippen LogP contribution in [0.3, 0.4) is 0 Å². The van der Waals surface area contributed by atoms with E-state index in [0.29, 0.717) is 18.2 Å². The van der Waals surface area contributed by atoms with Gasteiger partial charge in [0.05, 0.1) is 11.3 Å². The molecule has 20 heavy (non-hydrogen) atoms. The van der Waals surface area contributed by atoms with Gasteiger partial charge in [-0.3, -0.25) is 9.59 Å². The van der Waals surface area contributed by atoms with Crippen LogP contribution < -0.4 is 10.2 Å². The maximum Gasteiger partial charge on any atom is 0.299 e. The van der Waals surface area contributed by atoms with Crippen molar-refractivity contribution in [2.75, 3.05) is 18.0 Å². The number of benzene rings is 1. The molecule has 2 aliphatic rings. The molecule has 3 rings (SSSR count). The van der Waals surface area contributed by atoms with E-state index in [2.05, 4.69) is 5.32 Å². The fourth-order valence-electron chi connectivity index (χ4n) is 2.72. The minimum atomic E-state index is -0.375. The van der Waals surface area contributed by atoms with Crippen molar-refractivity contribution in [1.29, 1.82) is 0 Å². The van der Waals surface area contributed by atoms with Crippen LogP contribution in [0.15, 0.2) is 12.1 Å². The van der Waals surface area contributed by atoms with E-state index in [1.54, 1.807) is 11.0 Å². The molecule has 106 valence electrons. The Bertz CT molecular complexity index is 576. The molecule has 1 aliphatic carbocycles. The minimum Gasteiger partial charge on any atom is -0.314 e. The average molecular weight is 272 g/mol. The van der Waals surface area contributed by atoms with Crippen LogP contribution in [0.4, 0.5) is 5.69 Å². The summed E-state index contributed by atoms with van der Waals surface area (Å²) in [6.07, 6.45) is 3.41. The van der Waals surface area contributed by atoms with Gasteiger partial charge in [0, 0.05) is 12.6 Å². The fraction of sp³-hybridized carbons (Fsp3) is 0.500. The van der Waals surface area contributed by atoms with Crippen LogP contribution in [0.5, 0.6) is 0 Å². The number of amides is 1. The summed E-state index contributed by atoms with van der Waals surface area (Å²) in [6.45, 7) is 5.51. The Morgan fingerprint density at radius 1 is 1.25 bits per heavy atom. The molecule has 0 bridgehead atoms. The lowest BCUT2D eigenvalue weighted by Crippen LogP contribution is -2.33. The summed E-state index contributed by atoms with van der Waals surface area (Å²) in [4.78, 5) is 25.8. The molecule has 0 atom stereocenters. The lowest BCUT2D eigenvalue weighted by Gasteiger charge is -2.19. The summed E-state index contributed by atoms with van der Waals surface area (Å²) in [5.41, 5.74) is 3.55. The van der Waals surface area contributed by atoms with Crippen molar-refractivity contribution in [3.05, 3.63) is 28.8 Å². The van der Waals surface area contributed by atoms with Crippen molar-refractivity contribution in [3.8, 4) is 0 Å². The van der Waals surface area contributed by atoms with E-state index in [0.717, 1.165) is 29.8 Å². The monoisotopic (exact) mass is 272 g/mol. The Morgan fingerprint density at radius 2 is 2.00 bits per heavy atom. The Kier molecular flexibility index (Phi) is 3.34. The van der Waals surface area contributed by atoms with Gasteiger partial charge < -0.3 is 10.2 Å². The molecule has 1 aromatic carbocycles. The predicted octanol–water partition coefficient (Wildman–Crippen LogP) is 1.97.